The summed E-state index contributed by atoms with van der Waals surface area (Å²) in [6.45, 7) is 0.162. The van der Waals surface area contributed by atoms with Gasteiger partial charge in [-0.1, -0.05) is 12.1 Å². The fourth-order valence-electron chi connectivity index (χ4n) is 6.25. The van der Waals surface area contributed by atoms with Crippen LogP contribution in [0.25, 0.3) is 0 Å². The van der Waals surface area contributed by atoms with Gasteiger partial charge in [-0.3, -0.25) is 9.52 Å². The molecule has 1 aromatic carbocycles. The van der Waals surface area contributed by atoms with Gasteiger partial charge in [-0.25, -0.2) is 17.8 Å². The number of rotatable bonds is 5. The summed E-state index contributed by atoms with van der Waals surface area (Å²) in [7, 11) is -8.09. The molecular weight excluding hydrogens is 537 g/mol. The van der Waals surface area contributed by atoms with Crippen LogP contribution in [0.1, 0.15) is 24.8 Å². The molecular formula is C24H24FN5O6S2. The summed E-state index contributed by atoms with van der Waals surface area (Å²) in [5.74, 6) is -1.70. The van der Waals surface area contributed by atoms with Crippen LogP contribution in [0.15, 0.2) is 57.2 Å². The van der Waals surface area contributed by atoms with Gasteiger partial charge in [-0.05, 0) is 54.9 Å². The highest BCUT2D eigenvalue weighted by molar-refractivity contribution is 7.92. The van der Waals surface area contributed by atoms with Crippen LogP contribution in [0, 0.1) is 23.6 Å². The lowest BCUT2D eigenvalue weighted by Gasteiger charge is -2.44. The minimum absolute atomic E-state index is 0.0682. The average Bonchev–Trinajstić information content (AvgIpc) is 3.45. The number of fused-ring (bicyclic) bond motifs is 6. The van der Waals surface area contributed by atoms with Crippen molar-refractivity contribution in [1.29, 1.82) is 0 Å². The molecule has 6 rings (SSSR count). The van der Waals surface area contributed by atoms with Gasteiger partial charge in [0.2, 0.25) is 10.0 Å². The third-order valence-electron chi connectivity index (χ3n) is 7.66. The van der Waals surface area contributed by atoms with E-state index < -0.39 is 31.8 Å². The first-order chi connectivity index (χ1) is 17.9. The molecule has 200 valence electrons. The second-order valence-corrected chi connectivity index (χ2v) is 13.5. The zero-order valence-electron chi connectivity index (χ0n) is 20.1. The van der Waals surface area contributed by atoms with Crippen LogP contribution in [0.4, 0.5) is 15.9 Å². The monoisotopic (exact) mass is 561 g/mol. The van der Waals surface area contributed by atoms with E-state index in [9.17, 15) is 31.1 Å². The van der Waals surface area contributed by atoms with E-state index in [4.69, 9.17) is 0 Å². The van der Waals surface area contributed by atoms with Gasteiger partial charge >= 0.3 is 0 Å². The largest absolute Gasteiger partial charge is 0.511 e. The third-order valence-corrected chi connectivity index (χ3v) is 9.56. The molecule has 0 unspecified atom stereocenters. The van der Waals surface area contributed by atoms with Gasteiger partial charge in [-0.2, -0.15) is 8.42 Å². The van der Waals surface area contributed by atoms with Gasteiger partial charge in [0.1, 0.15) is 22.0 Å². The number of hydrogen-bond acceptors (Lipinski definition) is 8. The highest BCUT2D eigenvalue weighted by atomic mass is 32.2. The Bertz CT molecular complexity index is 1640. The number of nitrogens with zero attached hydrogens (tertiary/aromatic N) is 3. The van der Waals surface area contributed by atoms with Gasteiger partial charge in [0.25, 0.3) is 15.9 Å². The number of sulfonamides is 2. The fraction of sp³-hybridized carbons (Fsp3) is 0.375. The first kappa shape index (κ1) is 24.8. The lowest BCUT2D eigenvalue weighted by molar-refractivity contribution is -0.134. The van der Waals surface area contributed by atoms with Crippen LogP contribution in [-0.4, -0.2) is 55.9 Å². The second kappa shape index (κ2) is 8.50. The van der Waals surface area contributed by atoms with Crippen LogP contribution >= 0.6 is 0 Å². The lowest BCUT2D eigenvalue weighted by Crippen LogP contribution is -2.53. The maximum Gasteiger partial charge on any atom is 0.288 e. The number of pyridine rings is 1. The summed E-state index contributed by atoms with van der Waals surface area (Å²) in [4.78, 5) is 19.2. The van der Waals surface area contributed by atoms with E-state index >= 15 is 0 Å². The fourth-order valence-corrected chi connectivity index (χ4v) is 7.89. The topological polar surface area (TPSA) is 158 Å². The molecule has 4 aliphatic rings. The molecule has 38 heavy (non-hydrogen) atoms. The molecule has 2 aliphatic heterocycles. The number of amides is 1. The molecule has 1 aromatic heterocycles. The number of anilines is 2. The van der Waals surface area contributed by atoms with Gasteiger partial charge in [0, 0.05) is 18.5 Å². The Hall–Kier alpha value is -3.52. The maximum atomic E-state index is 13.9. The summed E-state index contributed by atoms with van der Waals surface area (Å²) in [5, 5.41) is 14.1. The molecule has 3 heterocycles. The number of amidine groups is 1. The second-order valence-electron chi connectivity index (χ2n) is 10.2. The minimum atomic E-state index is -4.41. The van der Waals surface area contributed by atoms with Crippen molar-refractivity contribution in [1.82, 2.24) is 9.88 Å². The molecule has 0 radical (unpaired) electrons. The van der Waals surface area contributed by atoms with E-state index in [0.717, 1.165) is 37.8 Å². The van der Waals surface area contributed by atoms with Gasteiger partial charge in [0.15, 0.2) is 11.7 Å². The van der Waals surface area contributed by atoms with Gasteiger partial charge in [-0.15, -0.1) is 4.40 Å². The number of aliphatic hydroxyl groups is 1. The Morgan fingerprint density at radius 3 is 2.63 bits per heavy atom. The Morgan fingerprint density at radius 1 is 1.21 bits per heavy atom. The van der Waals surface area contributed by atoms with Crippen LogP contribution in [0.3, 0.4) is 0 Å². The first-order valence-electron chi connectivity index (χ1n) is 12.0. The lowest BCUT2D eigenvalue weighted by atomic mass is 9.77. The number of carbonyl (C=O) groups excluding carboxylic acids is 1. The normalized spacial score (nSPS) is 27.5. The highest BCUT2D eigenvalue weighted by Gasteiger charge is 2.57. The molecule has 11 nitrogen and oxygen atoms in total. The smallest absolute Gasteiger partial charge is 0.288 e. The number of aliphatic hydroxyl groups excluding tert-OH is 1. The highest BCUT2D eigenvalue weighted by Crippen LogP contribution is 2.55. The van der Waals surface area contributed by atoms with E-state index in [2.05, 4.69) is 19.4 Å². The molecule has 0 saturated heterocycles. The standard InChI is InChI=1S/C24H24FN5O6S2/c1-37(33,34)28-16-9-17-22(26-10-16)27-23(29-38(17,35)36)19-21(31)18-13-4-5-14(8-13)20(18)30(24(19)32)11-12-2-6-15(25)7-3-12/h2-3,6-7,9-10,13-14,18,20,28,31H,4-5,8,11H2,1H3,(H,26,27,29)/t13-,14+,18+,20-/m0/s1. The van der Waals surface area contributed by atoms with Crippen LogP contribution in [-0.2, 0) is 31.4 Å². The van der Waals surface area contributed by atoms with Crippen LogP contribution < -0.4 is 10.0 Å². The van der Waals surface area contributed by atoms with Crippen molar-refractivity contribution in [2.45, 2.75) is 36.7 Å². The molecule has 2 aliphatic carbocycles. The number of benzene rings is 1. The van der Waals surface area contributed by atoms with Crippen molar-refractivity contribution in [2.75, 3.05) is 16.3 Å². The minimum Gasteiger partial charge on any atom is -0.511 e. The molecule has 14 heteroatoms. The third kappa shape index (κ3) is 4.11. The van der Waals surface area contributed by atoms with Crippen molar-refractivity contribution in [3.8, 4) is 0 Å². The van der Waals surface area contributed by atoms with Crippen molar-refractivity contribution < 1.29 is 31.1 Å². The summed E-state index contributed by atoms with van der Waals surface area (Å²) < 4.78 is 68.8. The van der Waals surface area contributed by atoms with Crippen LogP contribution in [0.2, 0.25) is 0 Å². The van der Waals surface area contributed by atoms with Crippen molar-refractivity contribution in [3.63, 3.8) is 0 Å². The molecule has 2 saturated carbocycles. The van der Waals surface area contributed by atoms with E-state index in [1.54, 1.807) is 17.0 Å². The van der Waals surface area contributed by atoms with E-state index in [0.29, 0.717) is 5.56 Å². The first-order valence-corrected chi connectivity index (χ1v) is 15.3. The van der Waals surface area contributed by atoms with E-state index in [1.165, 1.54) is 12.1 Å². The average molecular weight is 562 g/mol. The zero-order chi connectivity index (χ0) is 27.0. The summed E-state index contributed by atoms with van der Waals surface area (Å²) in [5.41, 5.74) is 0.391. The summed E-state index contributed by atoms with van der Waals surface area (Å²) >= 11 is 0. The molecule has 3 N–H and O–H groups in total. The quantitative estimate of drug-likeness (QED) is 0.502. The Labute approximate surface area is 218 Å². The molecule has 2 bridgehead atoms. The Kier molecular flexibility index (Phi) is 5.54. The van der Waals surface area contributed by atoms with Gasteiger partial charge in [0.05, 0.1) is 18.1 Å². The Balaban J connectivity index is 1.41. The van der Waals surface area contributed by atoms with Crippen molar-refractivity contribution in [2.24, 2.45) is 22.2 Å². The number of carbonyl (C=O) groups is 1. The number of hydrogen-bond donors (Lipinski definition) is 3. The SMILES string of the molecule is CS(=O)(=O)Nc1cnc2c(c1)S(=O)(=O)N=C(C1=C(O)[C@@H]3[C@H]4CC[C@H](C4)[C@@H]3N(Cc3ccc(F)cc3)C1=O)N2. The van der Waals surface area contributed by atoms with Crippen molar-refractivity contribution in [3.05, 3.63) is 59.2 Å². The van der Waals surface area contributed by atoms with Gasteiger partial charge < -0.3 is 15.3 Å². The van der Waals surface area contributed by atoms with Crippen LogP contribution in [0.5, 0.6) is 0 Å². The zero-order valence-corrected chi connectivity index (χ0v) is 21.8. The molecule has 0 spiro atoms. The number of halogens is 1. The summed E-state index contributed by atoms with van der Waals surface area (Å²) in [6, 6.07) is 6.62. The molecule has 2 fully saturated rings. The predicted molar refractivity (Wildman–Crippen MR) is 136 cm³/mol. The van der Waals surface area contributed by atoms with Crippen molar-refractivity contribution >= 4 is 43.3 Å². The van der Waals surface area contributed by atoms with E-state index in [-0.39, 0.29) is 63.9 Å². The maximum absolute atomic E-state index is 13.9. The molecule has 4 atom stereocenters. The molecule has 2 aromatic rings. The Morgan fingerprint density at radius 2 is 1.92 bits per heavy atom. The van der Waals surface area contributed by atoms with E-state index in [1.807, 2.05) is 0 Å². The number of nitrogens with one attached hydrogen (secondary N) is 2. The number of aromatic nitrogens is 1. The molecule has 1 amide bonds. The predicted octanol–water partition coefficient (Wildman–Crippen LogP) is 2.37. The summed E-state index contributed by atoms with van der Waals surface area (Å²) in [6.07, 6.45) is 4.71.